The Balaban J connectivity index is 1.65. The van der Waals surface area contributed by atoms with E-state index in [4.69, 9.17) is 0 Å². The molecule has 0 heterocycles. The van der Waals surface area contributed by atoms with Gasteiger partial charge in [-0.3, -0.25) is 4.79 Å². The van der Waals surface area contributed by atoms with E-state index in [2.05, 4.69) is 0 Å². The summed E-state index contributed by atoms with van der Waals surface area (Å²) in [5.41, 5.74) is -7.70. The molecule has 4 aliphatic carbocycles. The van der Waals surface area contributed by atoms with E-state index in [1.165, 1.54) is 13.0 Å². The lowest BCUT2D eigenvalue weighted by Crippen LogP contribution is -2.66. The fourth-order valence-electron chi connectivity index (χ4n) is 8.36. The molecule has 37 heavy (non-hydrogen) atoms. The van der Waals surface area contributed by atoms with Gasteiger partial charge in [-0.05, 0) is 82.3 Å². The molecule has 0 bridgehead atoms. The first-order valence-electron chi connectivity index (χ1n) is 13.2. The van der Waals surface area contributed by atoms with Crippen molar-refractivity contribution in [2.75, 3.05) is 0 Å². The molecule has 0 aromatic rings. The molecule has 0 aliphatic heterocycles. The van der Waals surface area contributed by atoms with Crippen LogP contribution in [0.25, 0.3) is 0 Å². The molecule has 3 saturated carbocycles. The molecule has 0 saturated heterocycles. The number of rotatable bonds is 6. The standard InChI is InChI=1S/C27H41F3O7/c1-23-8-5-13-14(11-16(31)15-12-17(32)20(34)21(28)25(13,15)3)27(23,37)10-6-18(23)26(4,36)19(33)7-9-24(2,35)22(29)30/h11,13,15,17-22,32-37H,5-10,12H2,1-4H3/t13?,15-,17+,18+,19+,20-,21?,23+,24?,25+,26?,27+/m0/s1. The highest BCUT2D eigenvalue weighted by Crippen LogP contribution is 2.68. The van der Waals surface area contributed by atoms with Crippen LogP contribution >= 0.6 is 0 Å². The van der Waals surface area contributed by atoms with Crippen LogP contribution in [0, 0.1) is 28.6 Å². The summed E-state index contributed by atoms with van der Waals surface area (Å²) in [7, 11) is 0. The van der Waals surface area contributed by atoms with Gasteiger partial charge in [0, 0.05) is 16.7 Å². The van der Waals surface area contributed by atoms with Crippen LogP contribution in [-0.4, -0.2) is 84.1 Å². The molecule has 7 nitrogen and oxygen atoms in total. The van der Waals surface area contributed by atoms with E-state index < -0.39 is 88.5 Å². The summed E-state index contributed by atoms with van der Waals surface area (Å²) in [5, 5.41) is 64.9. The monoisotopic (exact) mass is 534 g/mol. The topological polar surface area (TPSA) is 138 Å². The largest absolute Gasteiger partial charge is 0.390 e. The second-order valence-electron chi connectivity index (χ2n) is 13.0. The van der Waals surface area contributed by atoms with Crippen molar-refractivity contribution >= 4 is 5.78 Å². The number of halogens is 3. The van der Waals surface area contributed by atoms with Gasteiger partial charge in [0.05, 0.1) is 23.4 Å². The molecule has 212 valence electrons. The second-order valence-corrected chi connectivity index (χ2v) is 13.0. The van der Waals surface area contributed by atoms with Crippen molar-refractivity contribution in [1.29, 1.82) is 0 Å². The number of allylic oxidation sites excluding steroid dienone is 1. The third-order valence-electron chi connectivity index (χ3n) is 11.0. The minimum absolute atomic E-state index is 0.0706. The average molecular weight is 535 g/mol. The first-order chi connectivity index (χ1) is 16.9. The van der Waals surface area contributed by atoms with Crippen LogP contribution in [0.15, 0.2) is 11.6 Å². The van der Waals surface area contributed by atoms with E-state index in [1.807, 2.05) is 0 Å². The highest BCUT2D eigenvalue weighted by atomic mass is 19.3. The van der Waals surface area contributed by atoms with Crippen LogP contribution in [0.1, 0.15) is 72.6 Å². The highest BCUT2D eigenvalue weighted by Gasteiger charge is 2.70. The van der Waals surface area contributed by atoms with Gasteiger partial charge in [-0.25, -0.2) is 13.2 Å². The van der Waals surface area contributed by atoms with E-state index in [0.29, 0.717) is 18.4 Å². The molecule has 0 radical (unpaired) electrons. The van der Waals surface area contributed by atoms with E-state index in [0.717, 1.165) is 6.92 Å². The molecule has 3 fully saturated rings. The zero-order valence-electron chi connectivity index (χ0n) is 21.9. The van der Waals surface area contributed by atoms with E-state index in [9.17, 15) is 44.2 Å². The quantitative estimate of drug-likeness (QED) is 0.307. The van der Waals surface area contributed by atoms with Crippen LogP contribution in [0.5, 0.6) is 0 Å². The molecule has 6 N–H and O–H groups in total. The molecule has 10 heteroatoms. The van der Waals surface area contributed by atoms with Crippen molar-refractivity contribution in [2.45, 2.75) is 120 Å². The summed E-state index contributed by atoms with van der Waals surface area (Å²) in [6, 6.07) is 0. The van der Waals surface area contributed by atoms with Crippen LogP contribution in [0.3, 0.4) is 0 Å². The number of ketones is 1. The van der Waals surface area contributed by atoms with Crippen LogP contribution < -0.4 is 0 Å². The Morgan fingerprint density at radius 2 is 1.73 bits per heavy atom. The minimum Gasteiger partial charge on any atom is -0.390 e. The van der Waals surface area contributed by atoms with Gasteiger partial charge < -0.3 is 30.6 Å². The number of alkyl halides is 3. The Morgan fingerprint density at radius 1 is 1.11 bits per heavy atom. The Bertz CT molecular complexity index is 954. The zero-order chi connectivity index (χ0) is 27.9. The molecular weight excluding hydrogens is 493 g/mol. The zero-order valence-corrected chi connectivity index (χ0v) is 21.9. The smallest absolute Gasteiger partial charge is 0.266 e. The molecule has 4 rings (SSSR count). The number of hydrogen-bond donors (Lipinski definition) is 6. The highest BCUT2D eigenvalue weighted by molar-refractivity contribution is 5.95. The fraction of sp³-hybridized carbons (Fsp3) is 0.889. The maximum atomic E-state index is 15.6. The lowest BCUT2D eigenvalue weighted by atomic mass is 9.45. The third kappa shape index (κ3) is 3.96. The molecule has 0 aromatic heterocycles. The lowest BCUT2D eigenvalue weighted by molar-refractivity contribution is -0.192. The van der Waals surface area contributed by atoms with Gasteiger partial charge in [0.1, 0.15) is 17.9 Å². The van der Waals surface area contributed by atoms with Crippen molar-refractivity contribution in [3.8, 4) is 0 Å². The number of carbonyl (C=O) groups excluding carboxylic acids is 1. The first-order valence-corrected chi connectivity index (χ1v) is 13.2. The maximum Gasteiger partial charge on any atom is 0.266 e. The predicted molar refractivity (Wildman–Crippen MR) is 127 cm³/mol. The number of fused-ring (bicyclic) bond motifs is 5. The van der Waals surface area contributed by atoms with Crippen molar-refractivity contribution < 1.29 is 48.6 Å². The van der Waals surface area contributed by atoms with Crippen LogP contribution in [0.2, 0.25) is 0 Å². The normalized spacial score (nSPS) is 47.8. The van der Waals surface area contributed by atoms with Gasteiger partial charge in [0.15, 0.2) is 5.78 Å². The SMILES string of the molecule is CC(O)(CC[C@@H](O)C(C)(O)[C@@H]1CC[C@@]2(O)C3=CC(=O)[C@@H]4C[C@@H](O)[C@H](O)C(F)[C@]4(C)C3CC[C@]12C)C(F)F. The van der Waals surface area contributed by atoms with E-state index >= 15 is 4.39 Å². The Kier molecular flexibility index (Phi) is 7.04. The van der Waals surface area contributed by atoms with Gasteiger partial charge in [0.25, 0.3) is 6.43 Å². The van der Waals surface area contributed by atoms with Crippen LogP contribution in [0.4, 0.5) is 13.2 Å². The molecule has 0 spiro atoms. The molecule has 4 aliphatic rings. The van der Waals surface area contributed by atoms with Crippen LogP contribution in [-0.2, 0) is 4.79 Å². The Labute approximate surface area is 215 Å². The first kappa shape index (κ1) is 29.0. The molecular formula is C27H41F3O7. The van der Waals surface area contributed by atoms with E-state index in [-0.39, 0.29) is 25.7 Å². The Hall–Kier alpha value is -1.04. The predicted octanol–water partition coefficient (Wildman–Crippen LogP) is 2.05. The second kappa shape index (κ2) is 8.99. The van der Waals surface area contributed by atoms with Gasteiger partial charge in [0.2, 0.25) is 0 Å². The van der Waals surface area contributed by atoms with Crippen molar-refractivity contribution in [3.05, 3.63) is 11.6 Å². The summed E-state index contributed by atoms with van der Waals surface area (Å²) in [6.07, 6.45) is -7.71. The lowest BCUT2D eigenvalue weighted by Gasteiger charge is -2.61. The van der Waals surface area contributed by atoms with Crippen molar-refractivity contribution in [3.63, 3.8) is 0 Å². The number of hydrogen-bond acceptors (Lipinski definition) is 7. The minimum atomic E-state index is -3.02. The van der Waals surface area contributed by atoms with Gasteiger partial charge in [-0.15, -0.1) is 0 Å². The molecule has 0 amide bonds. The van der Waals surface area contributed by atoms with Crippen molar-refractivity contribution in [2.24, 2.45) is 28.6 Å². The third-order valence-corrected chi connectivity index (χ3v) is 11.0. The summed E-state index contributed by atoms with van der Waals surface area (Å²) >= 11 is 0. The van der Waals surface area contributed by atoms with E-state index in [1.54, 1.807) is 13.8 Å². The van der Waals surface area contributed by atoms with Gasteiger partial charge >= 0.3 is 0 Å². The number of aliphatic hydroxyl groups is 6. The average Bonchev–Trinajstić information content (AvgIpc) is 3.10. The molecule has 4 unspecified atom stereocenters. The van der Waals surface area contributed by atoms with Gasteiger partial charge in [-0.1, -0.05) is 13.8 Å². The Morgan fingerprint density at radius 3 is 2.32 bits per heavy atom. The van der Waals surface area contributed by atoms with Gasteiger partial charge in [-0.2, -0.15) is 0 Å². The number of aliphatic hydroxyl groups excluding tert-OH is 3. The van der Waals surface area contributed by atoms with Crippen molar-refractivity contribution in [1.82, 2.24) is 0 Å². The number of carbonyl (C=O) groups is 1. The molecule has 12 atom stereocenters. The summed E-state index contributed by atoms with van der Waals surface area (Å²) in [6.45, 7) is 5.73. The maximum absolute atomic E-state index is 15.6. The molecule has 0 aromatic carbocycles. The summed E-state index contributed by atoms with van der Waals surface area (Å²) < 4.78 is 41.8. The summed E-state index contributed by atoms with van der Waals surface area (Å²) in [4.78, 5) is 13.2. The fourth-order valence-corrected chi connectivity index (χ4v) is 8.36. The summed E-state index contributed by atoms with van der Waals surface area (Å²) in [5.74, 6) is -2.50.